The third-order valence-corrected chi connectivity index (χ3v) is 3.03. The van der Waals surface area contributed by atoms with Crippen LogP contribution in [0.4, 0.5) is 13.2 Å². The molecule has 2 atom stereocenters. The molecule has 1 aromatic rings. The van der Waals surface area contributed by atoms with E-state index < -0.39 is 11.7 Å². The van der Waals surface area contributed by atoms with Gasteiger partial charge in [0.1, 0.15) is 0 Å². The van der Waals surface area contributed by atoms with Crippen molar-refractivity contribution in [3.8, 4) is 0 Å². The first-order valence-corrected chi connectivity index (χ1v) is 5.53. The Morgan fingerprint density at radius 2 is 2.00 bits per heavy atom. The highest BCUT2D eigenvalue weighted by Gasteiger charge is 2.35. The Bertz CT molecular complexity index is 363. The monoisotopic (exact) mass is 246 g/mol. The van der Waals surface area contributed by atoms with Crippen LogP contribution in [0.15, 0.2) is 18.5 Å². The predicted octanol–water partition coefficient (Wildman–Crippen LogP) is 3.06. The summed E-state index contributed by atoms with van der Waals surface area (Å²) < 4.78 is 38.4. The van der Waals surface area contributed by atoms with Crippen molar-refractivity contribution in [2.24, 2.45) is 5.92 Å². The number of nitrogens with zero attached hydrogens (tertiary/aromatic N) is 1. The second-order valence-electron chi connectivity index (χ2n) is 4.28. The summed E-state index contributed by atoms with van der Waals surface area (Å²) in [5.74, 6) is -0.0712. The van der Waals surface area contributed by atoms with E-state index in [1.807, 2.05) is 6.92 Å². The minimum absolute atomic E-state index is 0.116. The number of pyridine rings is 1. The van der Waals surface area contributed by atoms with Crippen molar-refractivity contribution in [3.63, 3.8) is 0 Å². The van der Waals surface area contributed by atoms with Crippen LogP contribution >= 0.6 is 0 Å². The lowest BCUT2D eigenvalue weighted by Crippen LogP contribution is -2.23. The van der Waals surface area contributed by atoms with Gasteiger partial charge in [-0.2, -0.15) is 13.2 Å². The Kier molecular flexibility index (Phi) is 4.51. The van der Waals surface area contributed by atoms with Gasteiger partial charge in [0.05, 0.1) is 5.56 Å². The molecule has 0 saturated carbocycles. The van der Waals surface area contributed by atoms with E-state index in [4.69, 9.17) is 0 Å². The predicted molar refractivity (Wildman–Crippen MR) is 60.7 cm³/mol. The molecule has 0 spiro atoms. The summed E-state index contributed by atoms with van der Waals surface area (Å²) in [7, 11) is 1.79. The van der Waals surface area contributed by atoms with E-state index in [-0.39, 0.29) is 17.4 Å². The highest BCUT2D eigenvalue weighted by Crippen LogP contribution is 2.36. The second kappa shape index (κ2) is 5.49. The zero-order valence-electron chi connectivity index (χ0n) is 10.2. The minimum Gasteiger partial charge on any atom is -0.319 e. The van der Waals surface area contributed by atoms with Crippen LogP contribution in [0.25, 0.3) is 0 Å². The maximum absolute atomic E-state index is 12.8. The van der Waals surface area contributed by atoms with Crippen LogP contribution in [-0.2, 0) is 6.18 Å². The highest BCUT2D eigenvalue weighted by molar-refractivity contribution is 5.29. The van der Waals surface area contributed by atoms with Crippen LogP contribution in [0.5, 0.6) is 0 Å². The van der Waals surface area contributed by atoms with E-state index in [1.165, 1.54) is 12.4 Å². The van der Waals surface area contributed by atoms with Gasteiger partial charge in [-0.25, -0.2) is 0 Å². The molecule has 1 rings (SSSR count). The normalized spacial score (nSPS) is 15.6. The molecule has 0 aliphatic heterocycles. The van der Waals surface area contributed by atoms with Gasteiger partial charge >= 0.3 is 6.18 Å². The van der Waals surface area contributed by atoms with Crippen LogP contribution < -0.4 is 5.32 Å². The van der Waals surface area contributed by atoms with Crippen LogP contribution in [-0.4, -0.2) is 18.6 Å². The number of rotatable bonds is 4. The molecule has 0 radical (unpaired) electrons. The van der Waals surface area contributed by atoms with E-state index in [2.05, 4.69) is 10.3 Å². The van der Waals surface area contributed by atoms with Gasteiger partial charge in [-0.15, -0.1) is 0 Å². The lowest BCUT2D eigenvalue weighted by molar-refractivity contribution is -0.138. The molecule has 5 heteroatoms. The average molecular weight is 246 g/mol. The number of aromatic nitrogens is 1. The highest BCUT2D eigenvalue weighted by atomic mass is 19.4. The van der Waals surface area contributed by atoms with Crippen LogP contribution in [0.2, 0.25) is 0 Å². The van der Waals surface area contributed by atoms with Gasteiger partial charge in [0.25, 0.3) is 0 Å². The Labute approximate surface area is 99.3 Å². The van der Waals surface area contributed by atoms with Crippen LogP contribution in [0.1, 0.15) is 30.9 Å². The molecule has 0 aliphatic rings. The zero-order chi connectivity index (χ0) is 13.1. The van der Waals surface area contributed by atoms with Crippen molar-refractivity contribution in [1.29, 1.82) is 0 Å². The van der Waals surface area contributed by atoms with Crippen molar-refractivity contribution in [1.82, 2.24) is 10.3 Å². The smallest absolute Gasteiger partial charge is 0.319 e. The maximum atomic E-state index is 12.8. The molecular formula is C12H17F3N2. The maximum Gasteiger partial charge on any atom is 0.416 e. The molecular weight excluding hydrogens is 229 g/mol. The first-order chi connectivity index (χ1) is 7.88. The number of nitrogens with one attached hydrogen (secondary N) is 1. The summed E-state index contributed by atoms with van der Waals surface area (Å²) >= 11 is 0. The summed E-state index contributed by atoms with van der Waals surface area (Å²) in [6.45, 7) is 4.40. The zero-order valence-corrected chi connectivity index (χ0v) is 10.2. The second-order valence-corrected chi connectivity index (χ2v) is 4.28. The molecule has 1 heterocycles. The standard InChI is InChI=1S/C12H17F3N2/c1-8(6-16-3)9(2)10-7-17-5-4-11(10)12(13,14)15/h4-5,7-9,16H,6H2,1-3H3. The van der Waals surface area contributed by atoms with Crippen molar-refractivity contribution in [3.05, 3.63) is 29.6 Å². The Hall–Kier alpha value is -1.10. The summed E-state index contributed by atoms with van der Waals surface area (Å²) in [6.07, 6.45) is -1.81. The van der Waals surface area contributed by atoms with Crippen molar-refractivity contribution < 1.29 is 13.2 Å². The molecule has 0 bridgehead atoms. The van der Waals surface area contributed by atoms with Gasteiger partial charge in [-0.05, 0) is 37.1 Å². The summed E-state index contributed by atoms with van der Waals surface area (Å²) in [4.78, 5) is 3.80. The molecule has 0 amide bonds. The van der Waals surface area contributed by atoms with E-state index in [0.717, 1.165) is 6.07 Å². The Morgan fingerprint density at radius 1 is 1.35 bits per heavy atom. The fourth-order valence-corrected chi connectivity index (χ4v) is 1.83. The van der Waals surface area contributed by atoms with Crippen molar-refractivity contribution >= 4 is 0 Å². The Morgan fingerprint density at radius 3 is 2.53 bits per heavy atom. The third kappa shape index (κ3) is 3.43. The van der Waals surface area contributed by atoms with E-state index in [9.17, 15) is 13.2 Å². The summed E-state index contributed by atoms with van der Waals surface area (Å²) in [5, 5.41) is 2.97. The largest absolute Gasteiger partial charge is 0.416 e. The van der Waals surface area contributed by atoms with Crippen molar-refractivity contribution in [2.75, 3.05) is 13.6 Å². The number of hydrogen-bond donors (Lipinski definition) is 1. The fraction of sp³-hybridized carbons (Fsp3) is 0.583. The SMILES string of the molecule is CNCC(C)C(C)c1cnccc1C(F)(F)F. The minimum atomic E-state index is -4.31. The molecule has 2 nitrogen and oxygen atoms in total. The number of halogens is 3. The van der Waals surface area contributed by atoms with Gasteiger partial charge in [0.15, 0.2) is 0 Å². The number of hydrogen-bond acceptors (Lipinski definition) is 2. The third-order valence-electron chi connectivity index (χ3n) is 3.03. The van der Waals surface area contributed by atoms with E-state index in [1.54, 1.807) is 14.0 Å². The number of alkyl halides is 3. The topological polar surface area (TPSA) is 24.9 Å². The van der Waals surface area contributed by atoms with E-state index >= 15 is 0 Å². The van der Waals surface area contributed by atoms with Gasteiger partial charge in [0, 0.05) is 12.4 Å². The van der Waals surface area contributed by atoms with Crippen LogP contribution in [0.3, 0.4) is 0 Å². The van der Waals surface area contributed by atoms with Crippen molar-refractivity contribution in [2.45, 2.75) is 25.9 Å². The first kappa shape index (κ1) is 14.0. The van der Waals surface area contributed by atoms with Gasteiger partial charge < -0.3 is 5.32 Å². The molecule has 1 N–H and O–H groups in total. The molecule has 2 unspecified atom stereocenters. The molecule has 0 aliphatic carbocycles. The quantitative estimate of drug-likeness (QED) is 0.883. The Balaban J connectivity index is 3.05. The first-order valence-electron chi connectivity index (χ1n) is 5.53. The van der Waals surface area contributed by atoms with Gasteiger partial charge in [-0.1, -0.05) is 13.8 Å². The molecule has 1 aromatic heterocycles. The average Bonchev–Trinajstić information content (AvgIpc) is 2.27. The molecule has 0 aromatic carbocycles. The van der Waals surface area contributed by atoms with Crippen LogP contribution in [0, 0.1) is 5.92 Å². The van der Waals surface area contributed by atoms with Gasteiger partial charge in [0.2, 0.25) is 0 Å². The van der Waals surface area contributed by atoms with E-state index in [0.29, 0.717) is 6.54 Å². The summed E-state index contributed by atoms with van der Waals surface area (Å²) in [6, 6.07) is 1.04. The fourth-order valence-electron chi connectivity index (χ4n) is 1.83. The lowest BCUT2D eigenvalue weighted by atomic mass is 9.87. The molecule has 17 heavy (non-hydrogen) atoms. The molecule has 0 fully saturated rings. The van der Waals surface area contributed by atoms with Gasteiger partial charge in [-0.3, -0.25) is 4.98 Å². The lowest BCUT2D eigenvalue weighted by Gasteiger charge is -2.23. The molecule has 96 valence electrons. The summed E-state index contributed by atoms with van der Waals surface area (Å²) in [5.41, 5.74) is -0.314. The molecule has 0 saturated heterocycles.